The second-order valence-corrected chi connectivity index (χ2v) is 7.72. The molecule has 2 fully saturated rings. The number of aliphatic hydroxyl groups is 1. The molecule has 0 radical (unpaired) electrons. The van der Waals surface area contributed by atoms with E-state index in [4.69, 9.17) is 4.74 Å². The molecule has 0 aromatic heterocycles. The maximum absolute atomic E-state index is 13.2. The Morgan fingerprint density at radius 2 is 1.88 bits per heavy atom. The molecular formula is C21H31NO3. The Hall–Kier alpha value is -1.39. The first-order valence-corrected chi connectivity index (χ1v) is 9.68. The summed E-state index contributed by atoms with van der Waals surface area (Å²) in [7, 11) is 1.71. The van der Waals surface area contributed by atoms with Crippen molar-refractivity contribution in [3.8, 4) is 0 Å². The van der Waals surface area contributed by atoms with Crippen molar-refractivity contribution in [1.29, 1.82) is 0 Å². The van der Waals surface area contributed by atoms with Gasteiger partial charge in [-0.05, 0) is 43.6 Å². The Morgan fingerprint density at radius 3 is 2.48 bits per heavy atom. The summed E-state index contributed by atoms with van der Waals surface area (Å²) in [6, 6.07) is 9.88. The van der Waals surface area contributed by atoms with Crippen LogP contribution in [0.2, 0.25) is 0 Å². The lowest BCUT2D eigenvalue weighted by atomic mass is 9.80. The zero-order valence-corrected chi connectivity index (χ0v) is 15.3. The number of nitrogens with zero attached hydrogens (tertiary/aromatic N) is 1. The summed E-state index contributed by atoms with van der Waals surface area (Å²) in [5, 5.41) is 10.6. The number of hydrogen-bond acceptors (Lipinski definition) is 3. The molecule has 1 heterocycles. The van der Waals surface area contributed by atoms with E-state index < -0.39 is 6.10 Å². The van der Waals surface area contributed by atoms with E-state index in [1.54, 1.807) is 7.11 Å². The van der Waals surface area contributed by atoms with E-state index in [1.165, 1.54) is 0 Å². The van der Waals surface area contributed by atoms with E-state index >= 15 is 0 Å². The SMILES string of the molecule is COCCC1(C(=O)N2CCC(C(O)c3ccccc3)CC2)CCCC1. The molecule has 0 spiro atoms. The maximum atomic E-state index is 13.2. The minimum atomic E-state index is -0.424. The fraction of sp³-hybridized carbons (Fsp3) is 0.667. The first-order chi connectivity index (χ1) is 12.2. The van der Waals surface area contributed by atoms with Gasteiger partial charge >= 0.3 is 0 Å². The molecule has 1 atom stereocenters. The molecular weight excluding hydrogens is 314 g/mol. The molecule has 1 saturated carbocycles. The van der Waals surface area contributed by atoms with Crippen LogP contribution in [0.25, 0.3) is 0 Å². The molecule has 1 aliphatic carbocycles. The lowest BCUT2D eigenvalue weighted by Gasteiger charge is -2.39. The van der Waals surface area contributed by atoms with Crippen molar-refractivity contribution in [1.82, 2.24) is 4.90 Å². The summed E-state index contributed by atoms with van der Waals surface area (Å²) in [6.45, 7) is 2.19. The highest BCUT2D eigenvalue weighted by atomic mass is 16.5. The van der Waals surface area contributed by atoms with Crippen LogP contribution in [0.5, 0.6) is 0 Å². The van der Waals surface area contributed by atoms with Crippen LogP contribution in [-0.4, -0.2) is 42.7 Å². The van der Waals surface area contributed by atoms with Crippen LogP contribution < -0.4 is 0 Å². The number of carbonyl (C=O) groups excluding carboxylic acids is 1. The molecule has 2 aliphatic rings. The number of ether oxygens (including phenoxy) is 1. The van der Waals surface area contributed by atoms with E-state index in [0.29, 0.717) is 12.5 Å². The number of hydrogen-bond donors (Lipinski definition) is 1. The molecule has 1 unspecified atom stereocenters. The molecule has 1 N–H and O–H groups in total. The predicted molar refractivity (Wildman–Crippen MR) is 98.1 cm³/mol. The Bertz CT molecular complexity index is 546. The molecule has 1 aromatic rings. The molecule has 0 bridgehead atoms. The zero-order valence-electron chi connectivity index (χ0n) is 15.3. The van der Waals surface area contributed by atoms with Gasteiger partial charge in [0.05, 0.1) is 11.5 Å². The van der Waals surface area contributed by atoms with Crippen LogP contribution in [0.1, 0.15) is 56.6 Å². The summed E-state index contributed by atoms with van der Waals surface area (Å²) in [5.74, 6) is 0.569. The summed E-state index contributed by atoms with van der Waals surface area (Å²) >= 11 is 0. The summed E-state index contributed by atoms with van der Waals surface area (Å²) < 4.78 is 5.26. The highest BCUT2D eigenvalue weighted by molar-refractivity contribution is 5.83. The monoisotopic (exact) mass is 345 g/mol. The van der Waals surface area contributed by atoms with Crippen LogP contribution in [0.3, 0.4) is 0 Å². The van der Waals surface area contributed by atoms with Gasteiger partial charge in [-0.1, -0.05) is 43.2 Å². The van der Waals surface area contributed by atoms with Crippen molar-refractivity contribution in [2.75, 3.05) is 26.8 Å². The van der Waals surface area contributed by atoms with Gasteiger partial charge in [-0.15, -0.1) is 0 Å². The Kier molecular flexibility index (Phi) is 6.13. The molecule has 1 amide bonds. The second kappa shape index (κ2) is 8.33. The Balaban J connectivity index is 1.58. The molecule has 1 aliphatic heterocycles. The van der Waals surface area contributed by atoms with E-state index in [0.717, 1.165) is 63.6 Å². The number of amides is 1. The standard InChI is InChI=1S/C21H31NO3/c1-25-16-13-21(11-5-6-12-21)20(24)22-14-9-18(10-15-22)19(23)17-7-3-2-4-8-17/h2-4,7-8,18-19,23H,5-6,9-16H2,1H3. The number of likely N-dealkylation sites (tertiary alicyclic amines) is 1. The van der Waals surface area contributed by atoms with Crippen molar-refractivity contribution in [2.45, 2.75) is 51.0 Å². The first kappa shape index (κ1) is 18.4. The van der Waals surface area contributed by atoms with Crippen LogP contribution in [0.4, 0.5) is 0 Å². The molecule has 1 aromatic carbocycles. The quantitative estimate of drug-likeness (QED) is 0.858. The Morgan fingerprint density at radius 1 is 1.24 bits per heavy atom. The molecule has 1 saturated heterocycles. The van der Waals surface area contributed by atoms with Crippen molar-refractivity contribution in [3.63, 3.8) is 0 Å². The predicted octanol–water partition coefficient (Wildman–Crippen LogP) is 3.56. The fourth-order valence-electron chi connectivity index (χ4n) is 4.60. The summed E-state index contributed by atoms with van der Waals surface area (Å²) in [6.07, 6.45) is 6.48. The third kappa shape index (κ3) is 4.06. The summed E-state index contributed by atoms with van der Waals surface area (Å²) in [4.78, 5) is 15.2. The second-order valence-electron chi connectivity index (χ2n) is 7.72. The van der Waals surface area contributed by atoms with E-state index in [-0.39, 0.29) is 11.3 Å². The fourth-order valence-corrected chi connectivity index (χ4v) is 4.60. The largest absolute Gasteiger partial charge is 0.388 e. The number of benzene rings is 1. The van der Waals surface area contributed by atoms with Gasteiger partial charge < -0.3 is 14.7 Å². The van der Waals surface area contributed by atoms with Crippen LogP contribution >= 0.6 is 0 Å². The van der Waals surface area contributed by atoms with Crippen molar-refractivity contribution >= 4 is 5.91 Å². The maximum Gasteiger partial charge on any atom is 0.228 e. The summed E-state index contributed by atoms with van der Waals surface area (Å²) in [5.41, 5.74) is 0.792. The number of methoxy groups -OCH3 is 1. The van der Waals surface area contributed by atoms with Crippen molar-refractivity contribution < 1.29 is 14.6 Å². The van der Waals surface area contributed by atoms with Gasteiger partial charge in [-0.25, -0.2) is 0 Å². The van der Waals surface area contributed by atoms with E-state index in [9.17, 15) is 9.90 Å². The van der Waals surface area contributed by atoms with E-state index in [1.807, 2.05) is 30.3 Å². The normalized spacial score (nSPS) is 22.1. The molecule has 4 heteroatoms. The van der Waals surface area contributed by atoms with Gasteiger partial charge in [-0.3, -0.25) is 4.79 Å². The smallest absolute Gasteiger partial charge is 0.228 e. The molecule has 3 rings (SSSR count). The minimum Gasteiger partial charge on any atom is -0.388 e. The van der Waals surface area contributed by atoms with Gasteiger partial charge in [0.2, 0.25) is 5.91 Å². The highest BCUT2D eigenvalue weighted by Crippen LogP contribution is 2.43. The number of piperidine rings is 1. The lowest BCUT2D eigenvalue weighted by molar-refractivity contribution is -0.145. The number of carbonyl (C=O) groups is 1. The molecule has 4 nitrogen and oxygen atoms in total. The Labute approximate surface area is 151 Å². The average Bonchev–Trinajstić information content (AvgIpc) is 3.16. The third-order valence-electron chi connectivity index (χ3n) is 6.21. The van der Waals surface area contributed by atoms with Crippen LogP contribution in [-0.2, 0) is 9.53 Å². The van der Waals surface area contributed by atoms with Gasteiger partial charge in [0.25, 0.3) is 0 Å². The third-order valence-corrected chi connectivity index (χ3v) is 6.21. The average molecular weight is 345 g/mol. The van der Waals surface area contributed by atoms with Gasteiger partial charge in [0.1, 0.15) is 0 Å². The van der Waals surface area contributed by atoms with Crippen molar-refractivity contribution in [3.05, 3.63) is 35.9 Å². The topological polar surface area (TPSA) is 49.8 Å². The van der Waals surface area contributed by atoms with Gasteiger partial charge in [0, 0.05) is 26.8 Å². The first-order valence-electron chi connectivity index (χ1n) is 9.68. The zero-order chi connectivity index (χ0) is 17.7. The van der Waals surface area contributed by atoms with Gasteiger partial charge in [0.15, 0.2) is 0 Å². The van der Waals surface area contributed by atoms with Crippen molar-refractivity contribution in [2.24, 2.45) is 11.3 Å². The highest BCUT2D eigenvalue weighted by Gasteiger charge is 2.44. The minimum absolute atomic E-state index is 0.194. The number of aliphatic hydroxyl groups excluding tert-OH is 1. The molecule has 25 heavy (non-hydrogen) atoms. The van der Waals surface area contributed by atoms with Gasteiger partial charge in [-0.2, -0.15) is 0 Å². The van der Waals surface area contributed by atoms with E-state index in [2.05, 4.69) is 4.90 Å². The lowest BCUT2D eigenvalue weighted by Crippen LogP contribution is -2.47. The van der Waals surface area contributed by atoms with Crippen LogP contribution in [0, 0.1) is 11.3 Å². The molecule has 138 valence electrons. The van der Waals surface area contributed by atoms with Crippen LogP contribution in [0.15, 0.2) is 30.3 Å². The number of rotatable bonds is 6.